The van der Waals surface area contributed by atoms with E-state index in [0.717, 1.165) is 25.7 Å². The molecule has 110 valence electrons. The van der Waals surface area contributed by atoms with Crippen LogP contribution >= 0.6 is 0 Å². The van der Waals surface area contributed by atoms with E-state index in [1.54, 1.807) is 0 Å². The summed E-state index contributed by atoms with van der Waals surface area (Å²) in [6, 6.07) is -0.502. The molecule has 3 atom stereocenters. The summed E-state index contributed by atoms with van der Waals surface area (Å²) in [4.78, 5) is 23.2. The number of amides is 2. The van der Waals surface area contributed by atoms with Gasteiger partial charge in [-0.05, 0) is 18.8 Å². The highest BCUT2D eigenvalue weighted by Crippen LogP contribution is 2.23. The largest absolute Gasteiger partial charge is 0.393 e. The number of carbonyl (C=O) groups excluding carboxylic acids is 2. The second-order valence-corrected chi connectivity index (χ2v) is 5.78. The molecule has 5 heteroatoms. The zero-order valence-electron chi connectivity index (χ0n) is 12.1. The molecule has 2 amide bonds. The van der Waals surface area contributed by atoms with Crippen molar-refractivity contribution in [3.63, 3.8) is 0 Å². The van der Waals surface area contributed by atoms with Gasteiger partial charge in [-0.15, -0.1) is 0 Å². The highest BCUT2D eigenvalue weighted by molar-refractivity contribution is 5.87. The van der Waals surface area contributed by atoms with Gasteiger partial charge in [0.05, 0.1) is 6.10 Å². The summed E-state index contributed by atoms with van der Waals surface area (Å²) < 4.78 is 0. The van der Waals surface area contributed by atoms with E-state index in [2.05, 4.69) is 10.6 Å². The number of aliphatic hydroxyl groups excluding tert-OH is 1. The van der Waals surface area contributed by atoms with Gasteiger partial charge in [0.2, 0.25) is 11.8 Å². The SMILES string of the molecule is CC(=O)NC(C(=O)NCC1CCCCC1O)C(C)C. The number of hydrogen-bond donors (Lipinski definition) is 3. The molecule has 1 aliphatic rings. The monoisotopic (exact) mass is 270 g/mol. The molecule has 0 spiro atoms. The van der Waals surface area contributed by atoms with Crippen LogP contribution in [0.1, 0.15) is 46.5 Å². The molecule has 1 aliphatic carbocycles. The molecule has 0 aliphatic heterocycles. The number of rotatable bonds is 5. The predicted molar refractivity (Wildman–Crippen MR) is 73.4 cm³/mol. The Balaban J connectivity index is 2.45. The molecule has 1 fully saturated rings. The van der Waals surface area contributed by atoms with E-state index in [4.69, 9.17) is 0 Å². The predicted octanol–water partition coefficient (Wildman–Crippen LogP) is 0.814. The molecule has 0 saturated heterocycles. The molecular weight excluding hydrogens is 244 g/mol. The fourth-order valence-electron chi connectivity index (χ4n) is 2.52. The van der Waals surface area contributed by atoms with Crippen LogP contribution in [0.4, 0.5) is 0 Å². The Hall–Kier alpha value is -1.10. The van der Waals surface area contributed by atoms with Crippen LogP contribution in [0, 0.1) is 11.8 Å². The van der Waals surface area contributed by atoms with E-state index in [0.29, 0.717) is 6.54 Å². The molecule has 5 nitrogen and oxygen atoms in total. The standard InChI is InChI=1S/C14H26N2O3/c1-9(2)13(16-10(3)17)14(19)15-8-11-6-4-5-7-12(11)18/h9,11-13,18H,4-8H2,1-3H3,(H,15,19)(H,16,17). The molecule has 0 aromatic carbocycles. The van der Waals surface area contributed by atoms with Crippen LogP contribution in [-0.4, -0.2) is 35.6 Å². The first-order chi connectivity index (χ1) is 8.91. The number of carbonyl (C=O) groups is 2. The minimum absolute atomic E-state index is 0.0418. The van der Waals surface area contributed by atoms with Crippen molar-refractivity contribution in [3.8, 4) is 0 Å². The van der Waals surface area contributed by atoms with Crippen LogP contribution in [0.5, 0.6) is 0 Å². The summed E-state index contributed by atoms with van der Waals surface area (Å²) >= 11 is 0. The summed E-state index contributed by atoms with van der Waals surface area (Å²) in [5.74, 6) is -0.183. The van der Waals surface area contributed by atoms with Crippen molar-refractivity contribution >= 4 is 11.8 Å². The van der Waals surface area contributed by atoms with Crippen LogP contribution in [0.15, 0.2) is 0 Å². The van der Waals surface area contributed by atoms with E-state index in [1.165, 1.54) is 6.92 Å². The first-order valence-electron chi connectivity index (χ1n) is 7.14. The molecule has 0 radical (unpaired) electrons. The summed E-state index contributed by atoms with van der Waals surface area (Å²) in [5, 5.41) is 15.4. The van der Waals surface area contributed by atoms with Gasteiger partial charge in [-0.1, -0.05) is 26.7 Å². The van der Waals surface area contributed by atoms with Crippen LogP contribution in [0.2, 0.25) is 0 Å². The number of hydrogen-bond acceptors (Lipinski definition) is 3. The van der Waals surface area contributed by atoms with Gasteiger partial charge >= 0.3 is 0 Å². The van der Waals surface area contributed by atoms with Crippen molar-refractivity contribution in [2.24, 2.45) is 11.8 Å². The molecule has 1 saturated carbocycles. The minimum Gasteiger partial charge on any atom is -0.393 e. The zero-order valence-corrected chi connectivity index (χ0v) is 12.1. The maximum absolute atomic E-state index is 12.1. The summed E-state index contributed by atoms with van der Waals surface area (Å²) in [7, 11) is 0. The topological polar surface area (TPSA) is 78.4 Å². The molecule has 1 rings (SSSR count). The molecule has 3 N–H and O–H groups in total. The van der Waals surface area contributed by atoms with Gasteiger partial charge in [0.1, 0.15) is 6.04 Å². The van der Waals surface area contributed by atoms with Crippen LogP contribution in [0.25, 0.3) is 0 Å². The van der Waals surface area contributed by atoms with Crippen molar-refractivity contribution in [1.82, 2.24) is 10.6 Å². The lowest BCUT2D eigenvalue weighted by molar-refractivity contribution is -0.129. The second-order valence-electron chi connectivity index (χ2n) is 5.78. The Labute approximate surface area is 115 Å². The van der Waals surface area contributed by atoms with E-state index >= 15 is 0 Å². The molecular formula is C14H26N2O3. The lowest BCUT2D eigenvalue weighted by Crippen LogP contribution is -2.50. The summed E-state index contributed by atoms with van der Waals surface area (Å²) in [5.41, 5.74) is 0. The van der Waals surface area contributed by atoms with E-state index in [-0.39, 0.29) is 29.8 Å². The average molecular weight is 270 g/mol. The van der Waals surface area contributed by atoms with Crippen molar-refractivity contribution in [1.29, 1.82) is 0 Å². The Morgan fingerprint density at radius 3 is 2.42 bits per heavy atom. The Bertz CT molecular complexity index is 318. The van der Waals surface area contributed by atoms with E-state index in [1.807, 2.05) is 13.8 Å². The third kappa shape index (κ3) is 5.19. The van der Waals surface area contributed by atoms with Gasteiger partial charge in [0, 0.05) is 19.4 Å². The van der Waals surface area contributed by atoms with Crippen LogP contribution < -0.4 is 10.6 Å². The zero-order chi connectivity index (χ0) is 14.4. The van der Waals surface area contributed by atoms with Gasteiger partial charge in [0.25, 0.3) is 0 Å². The number of aliphatic hydroxyl groups is 1. The molecule has 19 heavy (non-hydrogen) atoms. The molecule has 0 heterocycles. The van der Waals surface area contributed by atoms with Crippen molar-refractivity contribution in [3.05, 3.63) is 0 Å². The molecule has 0 bridgehead atoms. The highest BCUT2D eigenvalue weighted by atomic mass is 16.3. The highest BCUT2D eigenvalue weighted by Gasteiger charge is 2.26. The Kier molecular flexibility index (Phi) is 6.28. The smallest absolute Gasteiger partial charge is 0.242 e. The average Bonchev–Trinajstić information content (AvgIpc) is 2.34. The van der Waals surface area contributed by atoms with Gasteiger partial charge < -0.3 is 15.7 Å². The summed E-state index contributed by atoms with van der Waals surface area (Å²) in [6.07, 6.45) is 3.63. The third-order valence-electron chi connectivity index (χ3n) is 3.72. The molecule has 0 aromatic heterocycles. The fraction of sp³-hybridized carbons (Fsp3) is 0.857. The molecule has 0 aromatic rings. The van der Waals surface area contributed by atoms with Gasteiger partial charge in [0.15, 0.2) is 0 Å². The number of nitrogens with one attached hydrogen (secondary N) is 2. The second kappa shape index (κ2) is 7.48. The Morgan fingerprint density at radius 1 is 1.26 bits per heavy atom. The maximum atomic E-state index is 12.1. The normalized spacial score (nSPS) is 24.9. The van der Waals surface area contributed by atoms with Crippen LogP contribution in [-0.2, 0) is 9.59 Å². The van der Waals surface area contributed by atoms with E-state index < -0.39 is 6.04 Å². The first kappa shape index (κ1) is 16.0. The van der Waals surface area contributed by atoms with Gasteiger partial charge in [-0.2, -0.15) is 0 Å². The Morgan fingerprint density at radius 2 is 1.89 bits per heavy atom. The molecule has 3 unspecified atom stereocenters. The van der Waals surface area contributed by atoms with Gasteiger partial charge in [-0.3, -0.25) is 9.59 Å². The minimum atomic E-state index is -0.502. The lowest BCUT2D eigenvalue weighted by atomic mass is 9.86. The van der Waals surface area contributed by atoms with Crippen molar-refractivity contribution < 1.29 is 14.7 Å². The summed E-state index contributed by atoms with van der Waals surface area (Å²) in [6.45, 7) is 5.70. The lowest BCUT2D eigenvalue weighted by Gasteiger charge is -2.29. The van der Waals surface area contributed by atoms with Crippen molar-refractivity contribution in [2.75, 3.05) is 6.54 Å². The van der Waals surface area contributed by atoms with Crippen LogP contribution in [0.3, 0.4) is 0 Å². The van der Waals surface area contributed by atoms with Crippen molar-refractivity contribution in [2.45, 2.75) is 58.6 Å². The quantitative estimate of drug-likeness (QED) is 0.692. The third-order valence-corrected chi connectivity index (χ3v) is 3.72. The van der Waals surface area contributed by atoms with Gasteiger partial charge in [-0.25, -0.2) is 0 Å². The first-order valence-corrected chi connectivity index (χ1v) is 7.14. The maximum Gasteiger partial charge on any atom is 0.242 e. The fourth-order valence-corrected chi connectivity index (χ4v) is 2.52. The van der Waals surface area contributed by atoms with E-state index in [9.17, 15) is 14.7 Å².